The first-order chi connectivity index (χ1) is 14.8. The predicted molar refractivity (Wildman–Crippen MR) is 128 cm³/mol. The van der Waals surface area contributed by atoms with Crippen molar-refractivity contribution in [2.45, 2.75) is 91.3 Å². The zero-order chi connectivity index (χ0) is 23.5. The summed E-state index contributed by atoms with van der Waals surface area (Å²) in [4.78, 5) is 13.8. The molecule has 0 spiro atoms. The number of fused-ring (bicyclic) bond motifs is 2. The van der Waals surface area contributed by atoms with E-state index in [0.29, 0.717) is 12.8 Å². The van der Waals surface area contributed by atoms with E-state index in [4.69, 9.17) is 9.47 Å². The van der Waals surface area contributed by atoms with Crippen LogP contribution in [0, 0.1) is 17.8 Å². The highest BCUT2D eigenvalue weighted by molar-refractivity contribution is 6.02. The fourth-order valence-corrected chi connectivity index (χ4v) is 6.16. The number of rotatable bonds is 5. The Balaban J connectivity index is 1.73. The largest absolute Gasteiger partial charge is 0.497 e. The average molecular weight is 439 g/mol. The van der Waals surface area contributed by atoms with Crippen LogP contribution >= 0.6 is 0 Å². The monoisotopic (exact) mass is 438 g/mol. The van der Waals surface area contributed by atoms with E-state index in [9.17, 15) is 9.90 Å². The molecule has 0 bridgehead atoms. The Morgan fingerprint density at radius 1 is 1.19 bits per heavy atom. The van der Waals surface area contributed by atoms with Crippen LogP contribution in [0.1, 0.15) is 84.3 Å². The molecule has 1 saturated carbocycles. The summed E-state index contributed by atoms with van der Waals surface area (Å²) in [5, 5.41) is 10.6. The number of hydrogen-bond donors (Lipinski definition) is 1. The number of aliphatic hydroxyl groups is 1. The van der Waals surface area contributed by atoms with Crippen LogP contribution in [-0.4, -0.2) is 29.2 Å². The molecule has 1 heterocycles. The summed E-state index contributed by atoms with van der Waals surface area (Å²) < 4.78 is 12.0. The molecule has 3 aliphatic rings. The van der Waals surface area contributed by atoms with Gasteiger partial charge in [-0.2, -0.15) is 0 Å². The number of methoxy groups -OCH3 is 1. The number of aryl methyl sites for hydroxylation is 1. The molecular weight excluding hydrogens is 400 g/mol. The van der Waals surface area contributed by atoms with E-state index >= 15 is 0 Å². The van der Waals surface area contributed by atoms with E-state index in [0.717, 1.165) is 59.5 Å². The summed E-state index contributed by atoms with van der Waals surface area (Å²) >= 11 is 0. The van der Waals surface area contributed by atoms with Gasteiger partial charge >= 0.3 is 0 Å². The van der Waals surface area contributed by atoms with Crippen molar-refractivity contribution in [3.05, 3.63) is 40.5 Å². The third-order valence-corrected chi connectivity index (χ3v) is 8.18. The lowest BCUT2D eigenvalue weighted by Crippen LogP contribution is -2.46. The van der Waals surface area contributed by atoms with Crippen LogP contribution in [0.4, 0.5) is 0 Å². The lowest BCUT2D eigenvalue weighted by molar-refractivity contribution is -0.131. The highest BCUT2D eigenvalue weighted by atomic mass is 16.5. The maximum absolute atomic E-state index is 13.8. The zero-order valence-electron chi connectivity index (χ0n) is 20.7. The van der Waals surface area contributed by atoms with E-state index in [1.54, 1.807) is 21.0 Å². The molecule has 4 rings (SSSR count). The van der Waals surface area contributed by atoms with E-state index in [2.05, 4.69) is 32.9 Å². The lowest BCUT2D eigenvalue weighted by Gasteiger charge is -2.47. The molecule has 4 nitrogen and oxygen atoms in total. The summed E-state index contributed by atoms with van der Waals surface area (Å²) in [5.74, 6) is 1.93. The number of ether oxygens (including phenoxy) is 2. The second-order valence-corrected chi connectivity index (χ2v) is 11.6. The van der Waals surface area contributed by atoms with Gasteiger partial charge in [-0.25, -0.2) is 0 Å². The fraction of sp³-hybridized carbons (Fsp3) is 0.607. The molecular formula is C28H38O4. The first-order valence-corrected chi connectivity index (χ1v) is 11.8. The third-order valence-electron chi connectivity index (χ3n) is 8.18. The van der Waals surface area contributed by atoms with E-state index in [1.165, 1.54) is 0 Å². The quantitative estimate of drug-likeness (QED) is 0.596. The van der Waals surface area contributed by atoms with Crippen molar-refractivity contribution in [1.82, 2.24) is 0 Å². The maximum Gasteiger partial charge on any atom is 0.165 e. The molecule has 2 aliphatic carbocycles. The SMILES string of the molecule is COc1cc(C)c2c(c1)C=C[C@](C)(CC1=C(CC(C)(C)O)C(=O)[C@@]3(C)CCC[C@]3(C)C1)O2. The molecule has 0 aromatic heterocycles. The van der Waals surface area contributed by atoms with E-state index in [-0.39, 0.29) is 16.6 Å². The van der Waals surface area contributed by atoms with Gasteiger partial charge in [0, 0.05) is 23.8 Å². The van der Waals surface area contributed by atoms with Crippen molar-refractivity contribution in [2.75, 3.05) is 7.11 Å². The van der Waals surface area contributed by atoms with Gasteiger partial charge in [0.1, 0.15) is 17.1 Å². The minimum atomic E-state index is -0.928. The third kappa shape index (κ3) is 3.81. The van der Waals surface area contributed by atoms with Gasteiger partial charge in [-0.1, -0.05) is 31.9 Å². The predicted octanol–water partition coefficient (Wildman–Crippen LogP) is 6.18. The molecule has 1 aromatic rings. The van der Waals surface area contributed by atoms with Gasteiger partial charge in [0.25, 0.3) is 0 Å². The molecule has 1 aliphatic heterocycles. The van der Waals surface area contributed by atoms with Crippen LogP contribution in [0.15, 0.2) is 29.4 Å². The molecule has 1 aromatic carbocycles. The number of ketones is 1. The van der Waals surface area contributed by atoms with Crippen molar-refractivity contribution in [3.63, 3.8) is 0 Å². The highest BCUT2D eigenvalue weighted by Crippen LogP contribution is 2.61. The van der Waals surface area contributed by atoms with Crippen LogP contribution in [0.3, 0.4) is 0 Å². The van der Waals surface area contributed by atoms with Gasteiger partial charge in [-0.15, -0.1) is 0 Å². The number of Topliss-reactive ketones (excluding diaryl/α,β-unsaturated/α-hetero) is 1. The molecule has 0 saturated heterocycles. The van der Waals surface area contributed by atoms with Crippen LogP contribution in [0.2, 0.25) is 0 Å². The molecule has 4 heteroatoms. The number of benzene rings is 1. The van der Waals surface area contributed by atoms with Crippen molar-refractivity contribution in [2.24, 2.45) is 10.8 Å². The Labute approximate surface area is 192 Å². The number of carbonyl (C=O) groups is 1. The summed E-state index contributed by atoms with van der Waals surface area (Å²) in [6.07, 6.45) is 9.24. The highest BCUT2D eigenvalue weighted by Gasteiger charge is 2.57. The normalized spacial score (nSPS) is 31.9. The number of carbonyl (C=O) groups excluding carboxylic acids is 1. The molecule has 1 fully saturated rings. The van der Waals surface area contributed by atoms with Gasteiger partial charge in [0.2, 0.25) is 0 Å². The number of hydrogen-bond acceptors (Lipinski definition) is 4. The minimum Gasteiger partial charge on any atom is -0.497 e. The van der Waals surface area contributed by atoms with Crippen LogP contribution in [0.5, 0.6) is 11.5 Å². The zero-order valence-corrected chi connectivity index (χ0v) is 20.7. The van der Waals surface area contributed by atoms with Gasteiger partial charge in [0.15, 0.2) is 5.78 Å². The average Bonchev–Trinajstić information content (AvgIpc) is 3.00. The van der Waals surface area contributed by atoms with E-state index < -0.39 is 11.2 Å². The van der Waals surface area contributed by atoms with Gasteiger partial charge in [0.05, 0.1) is 12.7 Å². The van der Waals surface area contributed by atoms with Crippen LogP contribution in [-0.2, 0) is 4.79 Å². The first kappa shape index (κ1) is 23.1. The van der Waals surface area contributed by atoms with Crippen molar-refractivity contribution in [3.8, 4) is 11.5 Å². The van der Waals surface area contributed by atoms with Crippen LogP contribution < -0.4 is 9.47 Å². The Hall–Kier alpha value is -2.07. The summed E-state index contributed by atoms with van der Waals surface area (Å²) in [6, 6.07) is 3.99. The maximum atomic E-state index is 13.8. The fourth-order valence-electron chi connectivity index (χ4n) is 6.16. The Morgan fingerprint density at radius 3 is 2.56 bits per heavy atom. The molecule has 1 N–H and O–H groups in total. The molecule has 0 amide bonds. The molecule has 3 atom stereocenters. The summed E-state index contributed by atoms with van der Waals surface area (Å²) in [5.41, 5.74) is 2.20. The topological polar surface area (TPSA) is 55.8 Å². The van der Waals surface area contributed by atoms with Crippen LogP contribution in [0.25, 0.3) is 6.08 Å². The second kappa shape index (κ2) is 7.48. The van der Waals surface area contributed by atoms with Gasteiger partial charge in [-0.3, -0.25) is 4.79 Å². The van der Waals surface area contributed by atoms with Gasteiger partial charge in [-0.05, 0) is 81.7 Å². The van der Waals surface area contributed by atoms with E-state index in [1.807, 2.05) is 19.1 Å². The second-order valence-electron chi connectivity index (χ2n) is 11.6. The van der Waals surface area contributed by atoms with Crippen molar-refractivity contribution < 1.29 is 19.4 Å². The Morgan fingerprint density at radius 2 is 1.91 bits per heavy atom. The lowest BCUT2D eigenvalue weighted by atomic mass is 9.56. The van der Waals surface area contributed by atoms with Crippen molar-refractivity contribution in [1.29, 1.82) is 0 Å². The smallest absolute Gasteiger partial charge is 0.165 e. The van der Waals surface area contributed by atoms with Gasteiger partial charge < -0.3 is 14.6 Å². The first-order valence-electron chi connectivity index (χ1n) is 11.8. The van der Waals surface area contributed by atoms with Crippen molar-refractivity contribution >= 4 is 11.9 Å². The standard InChI is InChI=1S/C28H38O4/c1-18-13-21(31-7)14-19-9-12-27(5,32-23(18)19)16-20-15-26(4)10-8-11-28(26,6)24(29)22(20)17-25(2,3)30/h9,12-14,30H,8,10-11,15-17H2,1-7H3/t26-,27-,28-/m1/s1. The molecule has 0 radical (unpaired) electrons. The molecule has 32 heavy (non-hydrogen) atoms. The summed E-state index contributed by atoms with van der Waals surface area (Å²) in [6.45, 7) is 12.2. The molecule has 174 valence electrons. The summed E-state index contributed by atoms with van der Waals surface area (Å²) in [7, 11) is 1.67. The Kier molecular flexibility index (Phi) is 5.40. The molecule has 0 unspecified atom stereocenters. The minimum absolute atomic E-state index is 0.0293. The Bertz CT molecular complexity index is 1010.